The van der Waals surface area contributed by atoms with Crippen LogP contribution in [0.15, 0.2) is 12.1 Å². The van der Waals surface area contributed by atoms with Crippen molar-refractivity contribution in [3.8, 4) is 0 Å². The number of amides is 1. The van der Waals surface area contributed by atoms with E-state index in [0.29, 0.717) is 36.6 Å². The molecular formula is C16H22N4O3. The van der Waals surface area contributed by atoms with E-state index in [4.69, 9.17) is 0 Å². The van der Waals surface area contributed by atoms with E-state index in [1.807, 2.05) is 6.92 Å². The first kappa shape index (κ1) is 15.6. The molecule has 1 N–H and O–H groups in total. The van der Waals surface area contributed by atoms with Crippen molar-refractivity contribution >= 4 is 23.0 Å². The SMILES string of the molecule is CCN1CCNc2cc(N3CCCCC3)c([N+](=O)[O-])cc2C1=O. The summed E-state index contributed by atoms with van der Waals surface area (Å²) >= 11 is 0. The summed E-state index contributed by atoms with van der Waals surface area (Å²) in [5, 5.41) is 14.8. The molecule has 0 atom stereocenters. The maximum absolute atomic E-state index is 12.6. The fraction of sp³-hybridized carbons (Fsp3) is 0.562. The minimum atomic E-state index is -0.376. The molecular weight excluding hydrogens is 296 g/mol. The maximum Gasteiger partial charge on any atom is 0.293 e. The molecule has 7 heteroatoms. The van der Waals surface area contributed by atoms with Crippen LogP contribution >= 0.6 is 0 Å². The van der Waals surface area contributed by atoms with Crippen molar-refractivity contribution in [1.29, 1.82) is 0 Å². The van der Waals surface area contributed by atoms with E-state index in [1.165, 1.54) is 6.07 Å². The van der Waals surface area contributed by atoms with Gasteiger partial charge in [0.2, 0.25) is 0 Å². The number of rotatable bonds is 3. The van der Waals surface area contributed by atoms with E-state index in [0.717, 1.165) is 32.4 Å². The van der Waals surface area contributed by atoms with Crippen molar-refractivity contribution in [2.45, 2.75) is 26.2 Å². The third-order valence-corrected chi connectivity index (χ3v) is 4.60. The Labute approximate surface area is 135 Å². The normalized spacial score (nSPS) is 18.2. The molecule has 0 saturated carbocycles. The van der Waals surface area contributed by atoms with Gasteiger partial charge in [-0.05, 0) is 32.3 Å². The number of benzene rings is 1. The van der Waals surface area contributed by atoms with Crippen LogP contribution in [0.1, 0.15) is 36.5 Å². The maximum atomic E-state index is 12.6. The number of hydrogen-bond donors (Lipinski definition) is 1. The second kappa shape index (κ2) is 6.44. The highest BCUT2D eigenvalue weighted by Gasteiger charge is 2.29. The van der Waals surface area contributed by atoms with Crippen molar-refractivity contribution in [3.05, 3.63) is 27.8 Å². The van der Waals surface area contributed by atoms with Gasteiger partial charge in [0.05, 0.1) is 10.5 Å². The predicted molar refractivity (Wildman–Crippen MR) is 89.2 cm³/mol. The van der Waals surface area contributed by atoms with Crippen LogP contribution in [0.2, 0.25) is 0 Å². The highest BCUT2D eigenvalue weighted by molar-refractivity contribution is 6.02. The molecule has 0 bridgehead atoms. The first-order chi connectivity index (χ1) is 11.1. The lowest BCUT2D eigenvalue weighted by atomic mass is 10.1. The molecule has 124 valence electrons. The average Bonchev–Trinajstić information content (AvgIpc) is 2.73. The summed E-state index contributed by atoms with van der Waals surface area (Å²) in [4.78, 5) is 27.5. The summed E-state index contributed by atoms with van der Waals surface area (Å²) in [7, 11) is 0. The van der Waals surface area contributed by atoms with Gasteiger partial charge in [-0.25, -0.2) is 0 Å². The van der Waals surface area contributed by atoms with Crippen LogP contribution < -0.4 is 10.2 Å². The summed E-state index contributed by atoms with van der Waals surface area (Å²) in [5.41, 5.74) is 1.76. The van der Waals surface area contributed by atoms with E-state index < -0.39 is 0 Å². The molecule has 3 rings (SSSR count). The van der Waals surface area contributed by atoms with Crippen LogP contribution in [-0.2, 0) is 0 Å². The topological polar surface area (TPSA) is 78.7 Å². The predicted octanol–water partition coefficient (Wildman–Crippen LogP) is 2.47. The summed E-state index contributed by atoms with van der Waals surface area (Å²) in [5.74, 6) is -0.138. The number of nitrogens with zero attached hydrogens (tertiary/aromatic N) is 3. The minimum Gasteiger partial charge on any atom is -0.383 e. The minimum absolute atomic E-state index is 0.0266. The zero-order valence-electron chi connectivity index (χ0n) is 13.4. The van der Waals surface area contributed by atoms with Gasteiger partial charge in [-0.2, -0.15) is 0 Å². The molecule has 0 unspecified atom stereocenters. The van der Waals surface area contributed by atoms with Crippen LogP contribution in [0, 0.1) is 10.1 Å². The Morgan fingerprint density at radius 2 is 1.96 bits per heavy atom. The van der Waals surface area contributed by atoms with Crippen LogP contribution in [0.25, 0.3) is 0 Å². The largest absolute Gasteiger partial charge is 0.383 e. The number of nitro benzene ring substituents is 1. The van der Waals surface area contributed by atoms with E-state index in [1.54, 1.807) is 11.0 Å². The zero-order valence-corrected chi connectivity index (χ0v) is 13.4. The third kappa shape index (κ3) is 2.95. The molecule has 1 fully saturated rings. The van der Waals surface area contributed by atoms with Gasteiger partial charge in [0.25, 0.3) is 11.6 Å². The zero-order chi connectivity index (χ0) is 16.4. The van der Waals surface area contributed by atoms with E-state index in [9.17, 15) is 14.9 Å². The summed E-state index contributed by atoms with van der Waals surface area (Å²) in [6, 6.07) is 3.23. The molecule has 2 aliphatic rings. The van der Waals surface area contributed by atoms with Crippen molar-refractivity contribution < 1.29 is 9.72 Å². The molecule has 0 spiro atoms. The Morgan fingerprint density at radius 3 is 2.61 bits per heavy atom. The number of carbonyl (C=O) groups excluding carboxylic acids is 1. The molecule has 1 saturated heterocycles. The van der Waals surface area contributed by atoms with Gasteiger partial charge in [-0.1, -0.05) is 0 Å². The molecule has 1 aromatic carbocycles. The van der Waals surface area contributed by atoms with Gasteiger partial charge in [0.15, 0.2) is 0 Å². The fourth-order valence-electron chi connectivity index (χ4n) is 3.33. The first-order valence-electron chi connectivity index (χ1n) is 8.22. The number of likely N-dealkylation sites (N-methyl/N-ethyl adjacent to an activating group) is 1. The Morgan fingerprint density at radius 1 is 1.22 bits per heavy atom. The lowest BCUT2D eigenvalue weighted by Gasteiger charge is -2.29. The fourth-order valence-corrected chi connectivity index (χ4v) is 3.33. The van der Waals surface area contributed by atoms with Crippen molar-refractivity contribution in [1.82, 2.24) is 4.90 Å². The van der Waals surface area contributed by atoms with E-state index in [2.05, 4.69) is 10.2 Å². The highest BCUT2D eigenvalue weighted by Crippen LogP contribution is 2.36. The highest BCUT2D eigenvalue weighted by atomic mass is 16.6. The molecule has 7 nitrogen and oxygen atoms in total. The molecule has 1 aromatic rings. The van der Waals surface area contributed by atoms with Crippen LogP contribution in [0.5, 0.6) is 0 Å². The number of fused-ring (bicyclic) bond motifs is 1. The van der Waals surface area contributed by atoms with Gasteiger partial charge in [-0.3, -0.25) is 14.9 Å². The third-order valence-electron chi connectivity index (χ3n) is 4.60. The first-order valence-corrected chi connectivity index (χ1v) is 8.22. The van der Waals surface area contributed by atoms with Gasteiger partial charge in [0, 0.05) is 44.5 Å². The Bertz CT molecular complexity index is 626. The standard InChI is InChI=1S/C16H22N4O3/c1-2-18-9-6-17-13-11-14(19-7-4-3-5-8-19)15(20(22)23)10-12(13)16(18)21/h10-11,17H,2-9H2,1H3. The number of carbonyl (C=O) groups is 1. The van der Waals surface area contributed by atoms with E-state index >= 15 is 0 Å². The van der Waals surface area contributed by atoms with Crippen molar-refractivity contribution in [2.75, 3.05) is 42.9 Å². The lowest BCUT2D eigenvalue weighted by molar-refractivity contribution is -0.384. The number of hydrogen-bond acceptors (Lipinski definition) is 5. The molecule has 2 heterocycles. The Hall–Kier alpha value is -2.31. The number of nitro groups is 1. The van der Waals surface area contributed by atoms with Crippen molar-refractivity contribution in [2.24, 2.45) is 0 Å². The number of anilines is 2. The smallest absolute Gasteiger partial charge is 0.293 e. The quantitative estimate of drug-likeness (QED) is 0.684. The van der Waals surface area contributed by atoms with Gasteiger partial charge >= 0.3 is 0 Å². The second-order valence-corrected chi connectivity index (χ2v) is 6.00. The summed E-state index contributed by atoms with van der Waals surface area (Å²) < 4.78 is 0. The van der Waals surface area contributed by atoms with Crippen LogP contribution in [0.4, 0.5) is 17.1 Å². The lowest BCUT2D eigenvalue weighted by Crippen LogP contribution is -2.32. The Kier molecular flexibility index (Phi) is 4.36. The molecule has 23 heavy (non-hydrogen) atoms. The number of nitrogens with one attached hydrogen (secondary N) is 1. The van der Waals surface area contributed by atoms with Gasteiger partial charge in [0.1, 0.15) is 5.69 Å². The molecule has 2 aliphatic heterocycles. The molecule has 1 amide bonds. The van der Waals surface area contributed by atoms with Gasteiger partial charge < -0.3 is 15.1 Å². The van der Waals surface area contributed by atoms with Crippen LogP contribution in [-0.4, -0.2) is 48.5 Å². The molecule has 0 aromatic heterocycles. The number of piperidine rings is 1. The Balaban J connectivity index is 2.07. The van der Waals surface area contributed by atoms with Crippen LogP contribution in [0.3, 0.4) is 0 Å². The van der Waals surface area contributed by atoms with E-state index in [-0.39, 0.29) is 16.5 Å². The second-order valence-electron chi connectivity index (χ2n) is 6.00. The van der Waals surface area contributed by atoms with Gasteiger partial charge in [-0.15, -0.1) is 0 Å². The molecule has 0 aliphatic carbocycles. The summed E-state index contributed by atoms with van der Waals surface area (Å²) in [6.07, 6.45) is 3.26. The summed E-state index contributed by atoms with van der Waals surface area (Å²) in [6.45, 7) is 5.44. The molecule has 0 radical (unpaired) electrons. The average molecular weight is 318 g/mol. The monoisotopic (exact) mass is 318 g/mol. The van der Waals surface area contributed by atoms with Crippen molar-refractivity contribution in [3.63, 3.8) is 0 Å².